The van der Waals surface area contributed by atoms with Crippen LogP contribution in [-0.4, -0.2) is 39.1 Å². The number of thioether (sulfide) groups is 1. The molecule has 0 radical (unpaired) electrons. The molecule has 1 saturated carbocycles. The van der Waals surface area contributed by atoms with E-state index in [2.05, 4.69) is 36.2 Å². The fourth-order valence-electron chi connectivity index (χ4n) is 3.64. The maximum absolute atomic E-state index is 12.8. The zero-order chi connectivity index (χ0) is 18.5. The summed E-state index contributed by atoms with van der Waals surface area (Å²) in [6, 6.07) is 10.8. The van der Waals surface area contributed by atoms with Gasteiger partial charge < -0.3 is 9.88 Å². The van der Waals surface area contributed by atoms with Gasteiger partial charge in [0, 0.05) is 25.2 Å². The lowest BCUT2D eigenvalue weighted by Gasteiger charge is -2.32. The zero-order valence-corrected chi connectivity index (χ0v) is 16.8. The first-order valence-corrected chi connectivity index (χ1v) is 10.5. The first-order valence-electron chi connectivity index (χ1n) is 9.57. The molecular weight excluding hydrogens is 342 g/mol. The molecule has 1 aromatic carbocycles. The van der Waals surface area contributed by atoms with Crippen LogP contribution in [0, 0.1) is 6.92 Å². The minimum absolute atomic E-state index is 0.128. The molecule has 1 aliphatic carbocycles. The van der Waals surface area contributed by atoms with Gasteiger partial charge in [0.15, 0.2) is 5.16 Å². The standard InChI is InChI=1S/C21H29N3OS/c1-15-19(14-17-10-6-4-7-11-17)23-21(22-15)26-16(2)20(25)24(3)18-12-8-5-9-13-18/h4,6-7,10-11,16,18H,5,8-9,12-14H2,1-3H3,(H,22,23). The van der Waals surface area contributed by atoms with E-state index >= 15 is 0 Å². The molecule has 2 aromatic rings. The minimum atomic E-state index is -0.128. The van der Waals surface area contributed by atoms with Gasteiger partial charge in [-0.3, -0.25) is 4.79 Å². The summed E-state index contributed by atoms with van der Waals surface area (Å²) < 4.78 is 0. The lowest BCUT2D eigenvalue weighted by molar-refractivity contribution is -0.131. The molecule has 4 nitrogen and oxygen atoms in total. The third kappa shape index (κ3) is 4.70. The van der Waals surface area contributed by atoms with Gasteiger partial charge in [-0.15, -0.1) is 0 Å². The number of aromatic nitrogens is 2. The average molecular weight is 372 g/mol. The molecule has 1 amide bonds. The Balaban J connectivity index is 1.61. The highest BCUT2D eigenvalue weighted by Crippen LogP contribution is 2.27. The molecule has 0 saturated heterocycles. The Morgan fingerprint density at radius 2 is 1.96 bits per heavy atom. The highest BCUT2D eigenvalue weighted by atomic mass is 32.2. The molecule has 26 heavy (non-hydrogen) atoms. The molecule has 1 unspecified atom stereocenters. The summed E-state index contributed by atoms with van der Waals surface area (Å²) in [5.41, 5.74) is 3.38. The number of hydrogen-bond donors (Lipinski definition) is 1. The van der Waals surface area contributed by atoms with Crippen molar-refractivity contribution in [3.8, 4) is 0 Å². The Hall–Kier alpha value is -1.75. The van der Waals surface area contributed by atoms with E-state index in [1.165, 1.54) is 36.6 Å². The molecule has 3 rings (SSSR count). The number of rotatable bonds is 6. The quantitative estimate of drug-likeness (QED) is 0.756. The van der Waals surface area contributed by atoms with E-state index in [-0.39, 0.29) is 11.2 Å². The Kier molecular flexibility index (Phi) is 6.41. The second kappa shape index (κ2) is 8.76. The van der Waals surface area contributed by atoms with Gasteiger partial charge in [0.1, 0.15) is 0 Å². The van der Waals surface area contributed by atoms with Gasteiger partial charge in [-0.2, -0.15) is 0 Å². The van der Waals surface area contributed by atoms with Crippen molar-refractivity contribution < 1.29 is 4.79 Å². The van der Waals surface area contributed by atoms with Gasteiger partial charge in [-0.25, -0.2) is 4.98 Å². The SMILES string of the molecule is Cc1[nH]c(SC(C)C(=O)N(C)C2CCCCC2)nc1Cc1ccccc1. The number of carbonyl (C=O) groups is 1. The predicted octanol–water partition coefficient (Wildman–Crippen LogP) is 4.58. The Bertz CT molecular complexity index is 722. The number of hydrogen-bond acceptors (Lipinski definition) is 3. The number of carbonyl (C=O) groups excluding carboxylic acids is 1. The van der Waals surface area contributed by atoms with Crippen LogP contribution in [0.2, 0.25) is 0 Å². The molecule has 5 heteroatoms. The van der Waals surface area contributed by atoms with E-state index in [0.717, 1.165) is 35.8 Å². The van der Waals surface area contributed by atoms with Gasteiger partial charge in [-0.1, -0.05) is 61.4 Å². The fraction of sp³-hybridized carbons (Fsp3) is 0.524. The van der Waals surface area contributed by atoms with E-state index in [1.807, 2.05) is 24.9 Å². The van der Waals surface area contributed by atoms with E-state index in [4.69, 9.17) is 4.98 Å². The van der Waals surface area contributed by atoms with Gasteiger partial charge in [0.05, 0.1) is 10.9 Å². The summed E-state index contributed by atoms with van der Waals surface area (Å²) in [5.74, 6) is 0.209. The van der Waals surface area contributed by atoms with Crippen molar-refractivity contribution in [3.05, 3.63) is 47.3 Å². The molecule has 140 valence electrons. The van der Waals surface area contributed by atoms with Gasteiger partial charge >= 0.3 is 0 Å². The number of aryl methyl sites for hydroxylation is 1. The van der Waals surface area contributed by atoms with Crippen molar-refractivity contribution in [2.45, 2.75) is 68.8 Å². The lowest BCUT2D eigenvalue weighted by Crippen LogP contribution is -2.42. The van der Waals surface area contributed by atoms with Crippen LogP contribution in [0.15, 0.2) is 35.5 Å². The molecule has 1 N–H and O–H groups in total. The van der Waals surface area contributed by atoms with E-state index < -0.39 is 0 Å². The van der Waals surface area contributed by atoms with Crippen LogP contribution in [0.5, 0.6) is 0 Å². The van der Waals surface area contributed by atoms with Crippen LogP contribution in [0.3, 0.4) is 0 Å². The molecule has 0 bridgehead atoms. The number of aromatic amines is 1. The summed E-state index contributed by atoms with van der Waals surface area (Å²) in [6.45, 7) is 4.04. The van der Waals surface area contributed by atoms with E-state index in [1.54, 1.807) is 0 Å². The highest BCUT2D eigenvalue weighted by Gasteiger charge is 2.26. The van der Waals surface area contributed by atoms with Crippen molar-refractivity contribution in [2.24, 2.45) is 0 Å². The Labute approximate surface area is 160 Å². The zero-order valence-electron chi connectivity index (χ0n) is 16.0. The molecule has 0 spiro atoms. The van der Waals surface area contributed by atoms with Gasteiger partial charge in [0.2, 0.25) is 5.91 Å². The summed E-state index contributed by atoms with van der Waals surface area (Å²) in [6.07, 6.45) is 6.88. The van der Waals surface area contributed by atoms with E-state index in [0.29, 0.717) is 6.04 Å². The molecular formula is C21H29N3OS. The Morgan fingerprint density at radius 1 is 1.27 bits per heavy atom. The molecule has 1 atom stereocenters. The number of nitrogens with one attached hydrogen (secondary N) is 1. The maximum Gasteiger partial charge on any atom is 0.235 e. The van der Waals surface area contributed by atoms with Crippen LogP contribution in [0.25, 0.3) is 0 Å². The number of benzene rings is 1. The molecule has 0 aliphatic heterocycles. The largest absolute Gasteiger partial charge is 0.342 e. The van der Waals surface area contributed by atoms with Crippen molar-refractivity contribution in [1.82, 2.24) is 14.9 Å². The molecule has 1 aliphatic rings. The average Bonchev–Trinajstić information content (AvgIpc) is 3.00. The Morgan fingerprint density at radius 3 is 2.65 bits per heavy atom. The van der Waals surface area contributed by atoms with Crippen LogP contribution >= 0.6 is 11.8 Å². The van der Waals surface area contributed by atoms with Gasteiger partial charge in [-0.05, 0) is 32.3 Å². The number of amides is 1. The summed E-state index contributed by atoms with van der Waals surface area (Å²) >= 11 is 1.53. The fourth-order valence-corrected chi connectivity index (χ4v) is 4.61. The molecule has 1 fully saturated rings. The number of imidazole rings is 1. The topological polar surface area (TPSA) is 49.0 Å². The van der Waals surface area contributed by atoms with E-state index in [9.17, 15) is 4.79 Å². The van der Waals surface area contributed by atoms with Crippen molar-refractivity contribution in [1.29, 1.82) is 0 Å². The predicted molar refractivity (Wildman–Crippen MR) is 108 cm³/mol. The third-order valence-electron chi connectivity index (χ3n) is 5.28. The highest BCUT2D eigenvalue weighted by molar-refractivity contribution is 8.00. The maximum atomic E-state index is 12.8. The smallest absolute Gasteiger partial charge is 0.235 e. The first kappa shape index (κ1) is 19.0. The third-order valence-corrected chi connectivity index (χ3v) is 6.26. The minimum Gasteiger partial charge on any atom is -0.342 e. The summed E-state index contributed by atoms with van der Waals surface area (Å²) in [5, 5.41) is 0.711. The monoisotopic (exact) mass is 371 g/mol. The van der Waals surface area contributed by atoms with Crippen LogP contribution in [0.4, 0.5) is 0 Å². The van der Waals surface area contributed by atoms with Crippen LogP contribution < -0.4 is 0 Å². The molecule has 1 aromatic heterocycles. The summed E-state index contributed by atoms with van der Waals surface area (Å²) in [7, 11) is 1.96. The van der Waals surface area contributed by atoms with Crippen molar-refractivity contribution in [3.63, 3.8) is 0 Å². The second-order valence-electron chi connectivity index (χ2n) is 7.28. The van der Waals surface area contributed by atoms with Gasteiger partial charge in [0.25, 0.3) is 0 Å². The summed E-state index contributed by atoms with van der Waals surface area (Å²) in [4.78, 5) is 22.8. The lowest BCUT2D eigenvalue weighted by atomic mass is 9.94. The molecule has 1 heterocycles. The second-order valence-corrected chi connectivity index (χ2v) is 8.61. The number of nitrogens with zero attached hydrogens (tertiary/aromatic N) is 2. The van der Waals surface area contributed by atoms with Crippen molar-refractivity contribution >= 4 is 17.7 Å². The normalized spacial score (nSPS) is 16.4. The van der Waals surface area contributed by atoms with Crippen LogP contribution in [-0.2, 0) is 11.2 Å². The number of H-pyrrole nitrogens is 1. The first-order chi connectivity index (χ1) is 12.5. The van der Waals surface area contributed by atoms with Crippen LogP contribution in [0.1, 0.15) is 56.0 Å². The van der Waals surface area contributed by atoms with Crippen molar-refractivity contribution in [2.75, 3.05) is 7.05 Å².